The number of hydrogen-bond donors (Lipinski definition) is 3. The Morgan fingerprint density at radius 2 is 1.93 bits per heavy atom. The van der Waals surface area contributed by atoms with Crippen molar-refractivity contribution in [1.29, 1.82) is 0 Å². The van der Waals surface area contributed by atoms with E-state index in [2.05, 4.69) is 15.3 Å². The van der Waals surface area contributed by atoms with E-state index in [-0.39, 0.29) is 18.9 Å². The molecule has 29 heavy (non-hydrogen) atoms. The molecule has 1 aromatic carbocycles. The Balaban J connectivity index is 1.86. The molecular weight excluding hydrogens is 403 g/mol. The van der Waals surface area contributed by atoms with Crippen LogP contribution in [0.5, 0.6) is 11.6 Å². The molecule has 1 fully saturated rings. The molecule has 0 aliphatic carbocycles. The number of aromatic nitrogens is 2. The second-order valence-corrected chi connectivity index (χ2v) is 8.73. The van der Waals surface area contributed by atoms with Crippen LogP contribution in [0.25, 0.3) is 0 Å². The molecular formula is C18H21FN4O5S. The maximum Gasteiger partial charge on any atom is 0.274 e. The van der Waals surface area contributed by atoms with Gasteiger partial charge in [-0.25, -0.2) is 17.8 Å². The van der Waals surface area contributed by atoms with E-state index in [1.165, 1.54) is 28.6 Å². The van der Waals surface area contributed by atoms with Crippen LogP contribution >= 0.6 is 0 Å². The van der Waals surface area contributed by atoms with Crippen molar-refractivity contribution in [1.82, 2.24) is 19.6 Å². The predicted octanol–water partition coefficient (Wildman–Crippen LogP) is 1.44. The number of carbonyl (C=O) groups is 1. The van der Waals surface area contributed by atoms with Crippen molar-refractivity contribution in [3.05, 3.63) is 47.2 Å². The molecule has 0 radical (unpaired) electrons. The first-order valence-electron chi connectivity index (χ1n) is 8.96. The van der Waals surface area contributed by atoms with Crippen LogP contribution in [-0.2, 0) is 16.6 Å². The molecule has 11 heteroatoms. The molecule has 1 atom stereocenters. The molecule has 0 saturated carbocycles. The third kappa shape index (κ3) is 4.80. The first-order chi connectivity index (χ1) is 13.7. The smallest absolute Gasteiger partial charge is 0.274 e. The molecule has 1 unspecified atom stereocenters. The summed E-state index contributed by atoms with van der Waals surface area (Å²) in [6.07, 6.45) is 2.91. The molecule has 1 aromatic heterocycles. The summed E-state index contributed by atoms with van der Waals surface area (Å²) >= 11 is 0. The highest BCUT2D eigenvalue weighted by Gasteiger charge is 2.34. The molecule has 3 rings (SSSR count). The summed E-state index contributed by atoms with van der Waals surface area (Å²) in [5.74, 6) is -2.86. The van der Waals surface area contributed by atoms with Gasteiger partial charge in [0.2, 0.25) is 15.8 Å². The number of halogens is 1. The summed E-state index contributed by atoms with van der Waals surface area (Å²) in [5, 5.41) is 22.5. The monoisotopic (exact) mass is 424 g/mol. The fourth-order valence-electron chi connectivity index (χ4n) is 3.20. The lowest BCUT2D eigenvalue weighted by atomic mass is 10.0. The van der Waals surface area contributed by atoms with E-state index in [0.717, 1.165) is 12.7 Å². The average molecular weight is 424 g/mol. The van der Waals surface area contributed by atoms with Crippen LogP contribution in [0.4, 0.5) is 4.39 Å². The lowest BCUT2D eigenvalue weighted by Crippen LogP contribution is -2.38. The normalized spacial score (nSPS) is 17.8. The largest absolute Gasteiger partial charge is 0.501 e. The van der Waals surface area contributed by atoms with Crippen molar-refractivity contribution < 1.29 is 27.8 Å². The van der Waals surface area contributed by atoms with Crippen LogP contribution in [0.1, 0.15) is 47.2 Å². The highest BCUT2D eigenvalue weighted by atomic mass is 32.2. The second-order valence-electron chi connectivity index (χ2n) is 6.80. The number of nitrogens with zero attached hydrogens (tertiary/aromatic N) is 3. The lowest BCUT2D eigenvalue weighted by molar-refractivity contribution is 0.0940. The Labute approximate surface area is 167 Å². The van der Waals surface area contributed by atoms with E-state index in [1.54, 1.807) is 0 Å². The summed E-state index contributed by atoms with van der Waals surface area (Å²) in [6.45, 7) is 0.318. The number of piperidine rings is 1. The van der Waals surface area contributed by atoms with Crippen molar-refractivity contribution in [3.8, 4) is 11.6 Å². The zero-order valence-corrected chi connectivity index (χ0v) is 16.5. The predicted molar refractivity (Wildman–Crippen MR) is 101 cm³/mol. The van der Waals surface area contributed by atoms with E-state index in [1.807, 2.05) is 0 Å². The molecule has 1 saturated heterocycles. The van der Waals surface area contributed by atoms with Gasteiger partial charge in [-0.15, -0.1) is 0 Å². The molecule has 1 aliphatic rings. The number of aromatic hydroxyl groups is 2. The van der Waals surface area contributed by atoms with E-state index >= 15 is 0 Å². The van der Waals surface area contributed by atoms with Gasteiger partial charge in [-0.05, 0) is 30.5 Å². The summed E-state index contributed by atoms with van der Waals surface area (Å²) < 4.78 is 38.4. The lowest BCUT2D eigenvalue weighted by Gasteiger charge is -2.32. The molecule has 9 nitrogen and oxygen atoms in total. The van der Waals surface area contributed by atoms with Crippen LogP contribution in [-0.4, -0.2) is 51.6 Å². The highest BCUT2D eigenvalue weighted by Crippen LogP contribution is 2.34. The summed E-state index contributed by atoms with van der Waals surface area (Å²) in [5.41, 5.74) is 0.155. The number of carbonyl (C=O) groups excluding carboxylic acids is 1. The van der Waals surface area contributed by atoms with Crippen LogP contribution in [0, 0.1) is 5.82 Å². The fourth-order valence-corrected chi connectivity index (χ4v) is 4.32. The molecule has 0 bridgehead atoms. The van der Waals surface area contributed by atoms with Gasteiger partial charge in [0.25, 0.3) is 11.8 Å². The maximum atomic E-state index is 13.0. The van der Waals surface area contributed by atoms with Gasteiger partial charge in [0.15, 0.2) is 11.5 Å². The Hall–Kier alpha value is -2.79. The van der Waals surface area contributed by atoms with Gasteiger partial charge < -0.3 is 15.5 Å². The number of rotatable bonds is 5. The van der Waals surface area contributed by atoms with Gasteiger partial charge in [0.1, 0.15) is 5.82 Å². The van der Waals surface area contributed by atoms with Gasteiger partial charge in [-0.2, -0.15) is 9.29 Å². The van der Waals surface area contributed by atoms with Gasteiger partial charge in [0.05, 0.1) is 12.3 Å². The fraction of sp³-hybridized carbons (Fsp3) is 0.389. The number of sulfonamides is 1. The molecule has 2 heterocycles. The maximum absolute atomic E-state index is 13.0. The van der Waals surface area contributed by atoms with Crippen molar-refractivity contribution in [2.45, 2.75) is 31.8 Å². The Bertz CT molecular complexity index is 1010. The van der Waals surface area contributed by atoms with E-state index < -0.39 is 45.1 Å². The summed E-state index contributed by atoms with van der Waals surface area (Å²) in [4.78, 5) is 20.3. The molecule has 156 valence electrons. The van der Waals surface area contributed by atoms with Crippen LogP contribution < -0.4 is 5.32 Å². The zero-order valence-electron chi connectivity index (χ0n) is 15.7. The van der Waals surface area contributed by atoms with Gasteiger partial charge in [-0.3, -0.25) is 4.79 Å². The molecule has 3 N–H and O–H groups in total. The Morgan fingerprint density at radius 3 is 2.59 bits per heavy atom. The Morgan fingerprint density at radius 1 is 1.24 bits per heavy atom. The van der Waals surface area contributed by atoms with Gasteiger partial charge >= 0.3 is 0 Å². The molecule has 2 aromatic rings. The van der Waals surface area contributed by atoms with E-state index in [0.29, 0.717) is 18.4 Å². The average Bonchev–Trinajstić information content (AvgIpc) is 2.68. The molecule has 1 amide bonds. The summed E-state index contributed by atoms with van der Waals surface area (Å²) in [6, 6.07) is 4.73. The Kier molecular flexibility index (Phi) is 5.99. The minimum Gasteiger partial charge on any atom is -0.501 e. The van der Waals surface area contributed by atoms with Crippen LogP contribution in [0.2, 0.25) is 0 Å². The molecule has 0 spiro atoms. The first kappa shape index (κ1) is 20.9. The van der Waals surface area contributed by atoms with Crippen LogP contribution in [0.3, 0.4) is 0 Å². The van der Waals surface area contributed by atoms with Crippen molar-refractivity contribution in [2.24, 2.45) is 0 Å². The third-order valence-corrected chi connectivity index (χ3v) is 5.93. The topological polar surface area (TPSA) is 133 Å². The highest BCUT2D eigenvalue weighted by molar-refractivity contribution is 7.88. The quantitative estimate of drug-likeness (QED) is 0.661. The van der Waals surface area contributed by atoms with E-state index in [4.69, 9.17) is 0 Å². The van der Waals surface area contributed by atoms with Gasteiger partial charge in [0, 0.05) is 13.1 Å². The first-order valence-corrected chi connectivity index (χ1v) is 10.8. The molecule has 1 aliphatic heterocycles. The minimum absolute atomic E-state index is 0.0392. The van der Waals surface area contributed by atoms with Crippen molar-refractivity contribution >= 4 is 15.9 Å². The van der Waals surface area contributed by atoms with Crippen molar-refractivity contribution in [2.75, 3.05) is 12.8 Å². The second kappa shape index (κ2) is 8.29. The SMILES string of the molecule is CS(=O)(=O)N1CCCCC1c1nc(O)c(O)c(C(=O)NCc2ccc(F)cc2)n1. The third-order valence-electron chi connectivity index (χ3n) is 4.64. The number of nitrogens with one attached hydrogen (secondary N) is 1. The zero-order chi connectivity index (χ0) is 21.2. The number of hydrogen-bond acceptors (Lipinski definition) is 7. The van der Waals surface area contributed by atoms with E-state index in [9.17, 15) is 27.8 Å². The van der Waals surface area contributed by atoms with Crippen molar-refractivity contribution in [3.63, 3.8) is 0 Å². The standard InChI is InChI=1S/C18H21FN4O5S/c1-29(27,28)23-9-3-2-4-13(23)16-21-14(15(24)18(26)22-16)17(25)20-10-11-5-7-12(19)8-6-11/h5-8,13,24H,2-4,9-10H2,1H3,(H,20,25)(H,21,22,26). The number of benzene rings is 1. The van der Waals surface area contributed by atoms with Crippen LogP contribution in [0.15, 0.2) is 24.3 Å². The summed E-state index contributed by atoms with van der Waals surface area (Å²) in [7, 11) is -3.55. The van der Waals surface area contributed by atoms with Gasteiger partial charge in [-0.1, -0.05) is 18.6 Å². The minimum atomic E-state index is -3.55. The number of amides is 1.